The van der Waals surface area contributed by atoms with E-state index >= 15 is 0 Å². The van der Waals surface area contributed by atoms with E-state index in [-0.39, 0.29) is 6.04 Å². The molecule has 0 aromatic heterocycles. The van der Waals surface area contributed by atoms with Crippen LogP contribution in [0.3, 0.4) is 0 Å². The number of unbranched alkanes of at least 4 members (excludes halogenated alkanes) is 1. The largest absolute Gasteiger partial charge is 0.493 e. The molecule has 0 fully saturated rings. The van der Waals surface area contributed by atoms with Crippen molar-refractivity contribution in [3.63, 3.8) is 0 Å². The first-order chi connectivity index (χ1) is 10.7. The van der Waals surface area contributed by atoms with Gasteiger partial charge in [0, 0.05) is 18.2 Å². The third kappa shape index (κ3) is 4.88. The lowest BCUT2D eigenvalue weighted by Gasteiger charge is -2.18. The highest BCUT2D eigenvalue weighted by atomic mass is 16.5. The number of aryl methyl sites for hydroxylation is 1. The minimum absolute atomic E-state index is 0.262. The molecule has 2 aromatic carbocycles. The van der Waals surface area contributed by atoms with E-state index in [9.17, 15) is 0 Å². The summed E-state index contributed by atoms with van der Waals surface area (Å²) in [7, 11) is 0. The van der Waals surface area contributed by atoms with E-state index in [4.69, 9.17) is 4.74 Å². The van der Waals surface area contributed by atoms with Crippen molar-refractivity contribution < 1.29 is 4.74 Å². The summed E-state index contributed by atoms with van der Waals surface area (Å²) in [6, 6.07) is 17.2. The van der Waals surface area contributed by atoms with E-state index in [1.165, 1.54) is 16.7 Å². The van der Waals surface area contributed by atoms with Crippen LogP contribution in [0.1, 0.15) is 49.4 Å². The lowest BCUT2D eigenvalue weighted by atomic mass is 10.1. The molecule has 2 heteroatoms. The number of hydrogen-bond donors (Lipinski definition) is 1. The molecule has 0 spiro atoms. The Labute approximate surface area is 134 Å². The van der Waals surface area contributed by atoms with Crippen molar-refractivity contribution in [1.82, 2.24) is 5.32 Å². The van der Waals surface area contributed by atoms with Gasteiger partial charge in [0.05, 0.1) is 6.61 Å². The fourth-order valence-electron chi connectivity index (χ4n) is 2.50. The lowest BCUT2D eigenvalue weighted by molar-refractivity contribution is 0.303. The van der Waals surface area contributed by atoms with E-state index in [2.05, 4.69) is 68.6 Å². The van der Waals surface area contributed by atoms with Crippen LogP contribution >= 0.6 is 0 Å². The Bertz CT molecular complexity index is 579. The van der Waals surface area contributed by atoms with Gasteiger partial charge in [-0.25, -0.2) is 0 Å². The SMILES string of the molecule is CCCCOc1ccccc1C(C)NCc1cccc(C)c1. The van der Waals surface area contributed by atoms with Crippen LogP contribution in [0.15, 0.2) is 48.5 Å². The molecule has 1 N–H and O–H groups in total. The third-order valence-electron chi connectivity index (χ3n) is 3.84. The number of benzene rings is 2. The first-order valence-electron chi connectivity index (χ1n) is 8.21. The zero-order chi connectivity index (χ0) is 15.8. The fraction of sp³-hybridized carbons (Fsp3) is 0.400. The van der Waals surface area contributed by atoms with Crippen LogP contribution in [-0.2, 0) is 6.54 Å². The summed E-state index contributed by atoms with van der Waals surface area (Å²) in [5.74, 6) is 1.00. The Morgan fingerprint density at radius 3 is 2.68 bits per heavy atom. The first kappa shape index (κ1) is 16.6. The van der Waals surface area contributed by atoms with Crippen molar-refractivity contribution in [2.24, 2.45) is 0 Å². The molecule has 0 amide bonds. The summed E-state index contributed by atoms with van der Waals surface area (Å²) in [5.41, 5.74) is 3.85. The highest BCUT2D eigenvalue weighted by Gasteiger charge is 2.10. The molecule has 0 aliphatic carbocycles. The van der Waals surface area contributed by atoms with Crippen LogP contribution in [0, 0.1) is 6.92 Å². The fourth-order valence-corrected chi connectivity index (χ4v) is 2.50. The maximum atomic E-state index is 5.93. The number of nitrogens with one attached hydrogen (secondary N) is 1. The maximum Gasteiger partial charge on any atom is 0.124 e. The zero-order valence-corrected chi connectivity index (χ0v) is 13.9. The van der Waals surface area contributed by atoms with Crippen LogP contribution in [0.5, 0.6) is 5.75 Å². The minimum Gasteiger partial charge on any atom is -0.493 e. The molecule has 118 valence electrons. The molecule has 1 atom stereocenters. The van der Waals surface area contributed by atoms with E-state index in [1.54, 1.807) is 0 Å². The van der Waals surface area contributed by atoms with Crippen molar-refractivity contribution in [2.75, 3.05) is 6.61 Å². The molecular weight excluding hydrogens is 270 g/mol. The molecule has 2 aromatic rings. The van der Waals surface area contributed by atoms with Crippen LogP contribution in [0.4, 0.5) is 0 Å². The molecule has 2 rings (SSSR count). The quantitative estimate of drug-likeness (QED) is 0.690. The number of ether oxygens (including phenoxy) is 1. The van der Waals surface area contributed by atoms with Gasteiger partial charge in [-0.15, -0.1) is 0 Å². The monoisotopic (exact) mass is 297 g/mol. The molecule has 0 radical (unpaired) electrons. The number of rotatable bonds is 8. The Kier molecular flexibility index (Phi) is 6.47. The Morgan fingerprint density at radius 1 is 1.09 bits per heavy atom. The molecule has 0 aliphatic heterocycles. The molecule has 22 heavy (non-hydrogen) atoms. The summed E-state index contributed by atoms with van der Waals surface area (Å²) in [5, 5.41) is 3.59. The summed E-state index contributed by atoms with van der Waals surface area (Å²) < 4.78 is 5.93. The zero-order valence-electron chi connectivity index (χ0n) is 13.9. The highest BCUT2D eigenvalue weighted by molar-refractivity contribution is 5.35. The van der Waals surface area contributed by atoms with Crippen LogP contribution in [-0.4, -0.2) is 6.61 Å². The Hall–Kier alpha value is -1.80. The molecule has 0 aliphatic rings. The molecule has 0 heterocycles. The molecule has 2 nitrogen and oxygen atoms in total. The molecular formula is C20H27NO. The summed E-state index contributed by atoms with van der Waals surface area (Å²) in [6.07, 6.45) is 2.25. The summed E-state index contributed by atoms with van der Waals surface area (Å²) in [6.45, 7) is 8.16. The first-order valence-corrected chi connectivity index (χ1v) is 8.21. The lowest BCUT2D eigenvalue weighted by Crippen LogP contribution is -2.19. The minimum atomic E-state index is 0.262. The van der Waals surface area contributed by atoms with Crippen LogP contribution in [0.25, 0.3) is 0 Å². The van der Waals surface area contributed by atoms with Crippen molar-refractivity contribution in [3.8, 4) is 5.75 Å². The molecule has 0 saturated carbocycles. The predicted molar refractivity (Wildman–Crippen MR) is 93.3 cm³/mol. The van der Waals surface area contributed by atoms with Gasteiger partial charge < -0.3 is 10.1 Å². The normalized spacial score (nSPS) is 12.1. The standard InChI is InChI=1S/C20H27NO/c1-4-5-13-22-20-12-7-6-11-19(20)17(3)21-15-18-10-8-9-16(2)14-18/h6-12,14,17,21H,4-5,13,15H2,1-3H3. The predicted octanol–water partition coefficient (Wildman–Crippen LogP) is 5.02. The Balaban J connectivity index is 1.98. The van der Waals surface area contributed by atoms with Crippen molar-refractivity contribution in [2.45, 2.75) is 46.2 Å². The van der Waals surface area contributed by atoms with E-state index < -0.39 is 0 Å². The second kappa shape index (κ2) is 8.60. The smallest absolute Gasteiger partial charge is 0.124 e. The Morgan fingerprint density at radius 2 is 1.91 bits per heavy atom. The van der Waals surface area contributed by atoms with Gasteiger partial charge in [0.15, 0.2) is 0 Å². The van der Waals surface area contributed by atoms with Gasteiger partial charge in [0.2, 0.25) is 0 Å². The number of para-hydroxylation sites is 1. The maximum absolute atomic E-state index is 5.93. The average Bonchev–Trinajstić information content (AvgIpc) is 2.53. The average molecular weight is 297 g/mol. The van der Waals surface area contributed by atoms with E-state index in [0.29, 0.717) is 0 Å². The van der Waals surface area contributed by atoms with Crippen molar-refractivity contribution in [1.29, 1.82) is 0 Å². The van der Waals surface area contributed by atoms with Crippen molar-refractivity contribution in [3.05, 3.63) is 65.2 Å². The molecule has 0 saturated heterocycles. The third-order valence-corrected chi connectivity index (χ3v) is 3.84. The molecule has 0 bridgehead atoms. The molecule has 1 unspecified atom stereocenters. The summed E-state index contributed by atoms with van der Waals surface area (Å²) >= 11 is 0. The van der Waals surface area contributed by atoms with Gasteiger partial charge in [-0.1, -0.05) is 61.4 Å². The number of hydrogen-bond acceptors (Lipinski definition) is 2. The van der Waals surface area contributed by atoms with Gasteiger partial charge in [0.1, 0.15) is 5.75 Å². The highest BCUT2D eigenvalue weighted by Crippen LogP contribution is 2.25. The van der Waals surface area contributed by atoms with Crippen LogP contribution in [0.2, 0.25) is 0 Å². The van der Waals surface area contributed by atoms with E-state index in [1.807, 2.05) is 6.07 Å². The summed E-state index contributed by atoms with van der Waals surface area (Å²) in [4.78, 5) is 0. The van der Waals surface area contributed by atoms with Crippen molar-refractivity contribution >= 4 is 0 Å². The van der Waals surface area contributed by atoms with Gasteiger partial charge in [-0.3, -0.25) is 0 Å². The second-order valence-electron chi connectivity index (χ2n) is 5.83. The van der Waals surface area contributed by atoms with E-state index in [0.717, 1.165) is 31.7 Å². The van der Waals surface area contributed by atoms with Gasteiger partial charge in [-0.2, -0.15) is 0 Å². The van der Waals surface area contributed by atoms with Gasteiger partial charge >= 0.3 is 0 Å². The van der Waals surface area contributed by atoms with Crippen LogP contribution < -0.4 is 10.1 Å². The second-order valence-corrected chi connectivity index (χ2v) is 5.83. The topological polar surface area (TPSA) is 21.3 Å². The van der Waals surface area contributed by atoms with Gasteiger partial charge in [-0.05, 0) is 31.9 Å². The van der Waals surface area contributed by atoms with Gasteiger partial charge in [0.25, 0.3) is 0 Å².